The summed E-state index contributed by atoms with van der Waals surface area (Å²) in [6.07, 6.45) is -3.37. The maximum atomic E-state index is 12.5. The summed E-state index contributed by atoms with van der Waals surface area (Å²) in [7, 11) is 3.23. The molecule has 1 N–H and O–H groups in total. The Bertz CT molecular complexity index is 589. The van der Waals surface area contributed by atoms with E-state index in [1.807, 2.05) is 0 Å². The normalized spacial score (nSPS) is 18.7. The summed E-state index contributed by atoms with van der Waals surface area (Å²) in [5, 5.41) is 7.38. The van der Waals surface area contributed by atoms with E-state index in [1.165, 1.54) is 4.90 Å². The molecule has 7 nitrogen and oxygen atoms in total. The molecule has 2 rings (SSSR count). The van der Waals surface area contributed by atoms with Crippen molar-refractivity contribution in [3.8, 4) is 0 Å². The molecule has 0 radical (unpaired) electrons. The lowest BCUT2D eigenvalue weighted by Crippen LogP contribution is -2.47. The second-order valence-corrected chi connectivity index (χ2v) is 6.34. The number of alkyl halides is 3. The monoisotopic (exact) mass is 351 g/mol. The van der Waals surface area contributed by atoms with Gasteiger partial charge in [-0.25, -0.2) is 4.79 Å². The second kappa shape index (κ2) is 6.69. The Morgan fingerprint density at radius 2 is 2.04 bits per heavy atom. The van der Waals surface area contributed by atoms with Crippen LogP contribution in [-0.4, -0.2) is 59.1 Å². The van der Waals surface area contributed by atoms with Crippen molar-refractivity contribution in [3.05, 3.63) is 5.01 Å². The summed E-state index contributed by atoms with van der Waals surface area (Å²) in [6.45, 7) is 0.783. The van der Waals surface area contributed by atoms with Crippen LogP contribution in [0.3, 0.4) is 0 Å². The van der Waals surface area contributed by atoms with Gasteiger partial charge in [-0.1, -0.05) is 11.3 Å². The number of nitrogens with zero attached hydrogens (tertiary/aromatic N) is 4. The number of nitrogens with one attached hydrogen (secondary N) is 1. The van der Waals surface area contributed by atoms with Crippen LogP contribution in [-0.2, 0) is 11.0 Å². The standard InChI is InChI=1S/C12H16F3N5O2S/c1-19(2)11(22)20-5-3-4-7(6-20)8(21)16-10-18-17-9(23-10)12(13,14)15/h7H,3-6H2,1-2H3,(H,16,18,21)/t7-/m1/s1. The number of carbonyl (C=O) groups excluding carboxylic acids is 2. The van der Waals surface area contributed by atoms with Crippen molar-refractivity contribution < 1.29 is 22.8 Å². The smallest absolute Gasteiger partial charge is 0.331 e. The molecule has 1 aliphatic heterocycles. The van der Waals surface area contributed by atoms with Gasteiger partial charge in [-0.3, -0.25) is 4.79 Å². The molecule has 0 aromatic carbocycles. The highest BCUT2D eigenvalue weighted by Gasteiger charge is 2.36. The fourth-order valence-electron chi connectivity index (χ4n) is 2.24. The molecule has 0 aliphatic carbocycles. The average molecular weight is 351 g/mol. The van der Waals surface area contributed by atoms with Crippen molar-refractivity contribution in [3.63, 3.8) is 0 Å². The Balaban J connectivity index is 1.97. The van der Waals surface area contributed by atoms with Crippen LogP contribution in [0, 0.1) is 5.92 Å². The van der Waals surface area contributed by atoms with E-state index in [0.29, 0.717) is 19.4 Å². The van der Waals surface area contributed by atoms with Gasteiger partial charge in [0.15, 0.2) is 0 Å². The molecule has 0 bridgehead atoms. The van der Waals surface area contributed by atoms with Crippen molar-refractivity contribution in [2.75, 3.05) is 32.5 Å². The molecule has 1 aromatic heterocycles. The number of anilines is 1. The van der Waals surface area contributed by atoms with Crippen LogP contribution in [0.5, 0.6) is 0 Å². The predicted octanol–water partition coefficient (Wildman–Crippen LogP) is 1.89. The van der Waals surface area contributed by atoms with E-state index in [1.54, 1.807) is 19.0 Å². The zero-order valence-corrected chi connectivity index (χ0v) is 13.4. The minimum Gasteiger partial charge on any atom is -0.331 e. The summed E-state index contributed by atoms with van der Waals surface area (Å²) in [6, 6.07) is -0.197. The van der Waals surface area contributed by atoms with Crippen molar-refractivity contribution in [1.82, 2.24) is 20.0 Å². The van der Waals surface area contributed by atoms with Crippen LogP contribution in [0.2, 0.25) is 0 Å². The highest BCUT2D eigenvalue weighted by Crippen LogP contribution is 2.33. The van der Waals surface area contributed by atoms with Crippen LogP contribution in [0.4, 0.5) is 23.1 Å². The second-order valence-electron chi connectivity index (χ2n) is 5.36. The minimum absolute atomic E-state index is 0.196. The van der Waals surface area contributed by atoms with Crippen molar-refractivity contribution >= 4 is 28.4 Å². The van der Waals surface area contributed by atoms with Crippen LogP contribution in [0.1, 0.15) is 17.8 Å². The van der Waals surface area contributed by atoms with E-state index in [4.69, 9.17) is 0 Å². The molecular weight excluding hydrogens is 335 g/mol. The van der Waals surface area contributed by atoms with Gasteiger partial charge in [0.25, 0.3) is 0 Å². The van der Waals surface area contributed by atoms with Crippen LogP contribution in [0.25, 0.3) is 0 Å². The Kier molecular flexibility index (Phi) is 5.07. The molecule has 11 heteroatoms. The number of carbonyl (C=O) groups is 2. The van der Waals surface area contributed by atoms with Crippen LogP contribution < -0.4 is 5.32 Å². The van der Waals surface area contributed by atoms with Gasteiger partial charge in [-0.15, -0.1) is 10.2 Å². The fourth-order valence-corrected chi connectivity index (χ4v) is 2.86. The first-order valence-electron chi connectivity index (χ1n) is 6.86. The number of hydrogen-bond acceptors (Lipinski definition) is 5. The molecular formula is C12H16F3N5O2S. The van der Waals surface area contributed by atoms with Crippen molar-refractivity contribution in [1.29, 1.82) is 0 Å². The number of halogens is 3. The predicted molar refractivity (Wildman–Crippen MR) is 76.9 cm³/mol. The van der Waals surface area contributed by atoms with E-state index in [2.05, 4.69) is 15.5 Å². The molecule has 1 atom stereocenters. The lowest BCUT2D eigenvalue weighted by molar-refractivity contribution is -0.138. The lowest BCUT2D eigenvalue weighted by atomic mass is 9.97. The first kappa shape index (κ1) is 17.4. The maximum absolute atomic E-state index is 12.5. The van der Waals surface area contributed by atoms with Gasteiger partial charge in [-0.05, 0) is 12.8 Å². The molecule has 0 spiro atoms. The molecule has 128 valence electrons. The third-order valence-corrected chi connectivity index (χ3v) is 4.23. The molecule has 1 aliphatic rings. The van der Waals surface area contributed by atoms with E-state index in [9.17, 15) is 22.8 Å². The number of likely N-dealkylation sites (tertiary alicyclic amines) is 1. The third kappa shape index (κ3) is 4.30. The maximum Gasteiger partial charge on any atom is 0.445 e. The van der Waals surface area contributed by atoms with Crippen LogP contribution in [0.15, 0.2) is 0 Å². The molecule has 1 aromatic rings. The summed E-state index contributed by atoms with van der Waals surface area (Å²) >= 11 is 0.276. The fraction of sp³-hybridized carbons (Fsp3) is 0.667. The summed E-state index contributed by atoms with van der Waals surface area (Å²) in [5.74, 6) is -0.933. The largest absolute Gasteiger partial charge is 0.445 e. The number of amides is 3. The number of aromatic nitrogens is 2. The quantitative estimate of drug-likeness (QED) is 0.883. The van der Waals surface area contributed by atoms with Gasteiger partial charge in [-0.2, -0.15) is 13.2 Å². The molecule has 0 saturated carbocycles. The topological polar surface area (TPSA) is 78.4 Å². The highest BCUT2D eigenvalue weighted by atomic mass is 32.1. The highest BCUT2D eigenvalue weighted by molar-refractivity contribution is 7.15. The minimum atomic E-state index is -4.58. The van der Waals surface area contributed by atoms with Crippen LogP contribution >= 0.6 is 11.3 Å². The van der Waals surface area contributed by atoms with Gasteiger partial charge in [0.05, 0.1) is 5.92 Å². The number of rotatable bonds is 2. The third-order valence-electron chi connectivity index (χ3n) is 3.34. The summed E-state index contributed by atoms with van der Waals surface area (Å²) < 4.78 is 37.4. The summed E-state index contributed by atoms with van der Waals surface area (Å²) in [5.41, 5.74) is 0. The summed E-state index contributed by atoms with van der Waals surface area (Å²) in [4.78, 5) is 27.0. The van der Waals surface area contributed by atoms with E-state index < -0.39 is 23.0 Å². The van der Waals surface area contributed by atoms with Gasteiger partial charge >= 0.3 is 12.2 Å². The first-order chi connectivity index (χ1) is 10.7. The van der Waals surface area contributed by atoms with Gasteiger partial charge < -0.3 is 15.1 Å². The average Bonchev–Trinajstić information content (AvgIpc) is 2.95. The van der Waals surface area contributed by atoms with Gasteiger partial charge in [0.1, 0.15) is 0 Å². The molecule has 1 fully saturated rings. The molecule has 2 heterocycles. The van der Waals surface area contributed by atoms with E-state index in [0.717, 1.165) is 0 Å². The van der Waals surface area contributed by atoms with Crippen molar-refractivity contribution in [2.45, 2.75) is 19.0 Å². The van der Waals surface area contributed by atoms with E-state index in [-0.39, 0.29) is 29.0 Å². The number of piperidine rings is 1. The Morgan fingerprint density at radius 1 is 1.35 bits per heavy atom. The first-order valence-corrected chi connectivity index (χ1v) is 7.68. The van der Waals surface area contributed by atoms with Gasteiger partial charge in [0.2, 0.25) is 16.0 Å². The number of hydrogen-bond donors (Lipinski definition) is 1. The molecule has 0 unspecified atom stereocenters. The zero-order valence-electron chi connectivity index (χ0n) is 12.6. The zero-order chi connectivity index (χ0) is 17.2. The molecule has 23 heavy (non-hydrogen) atoms. The Morgan fingerprint density at radius 3 is 2.61 bits per heavy atom. The van der Waals surface area contributed by atoms with Crippen molar-refractivity contribution in [2.24, 2.45) is 5.92 Å². The molecule has 1 saturated heterocycles. The Hall–Kier alpha value is -1.91. The Labute approximate surface area is 134 Å². The lowest BCUT2D eigenvalue weighted by Gasteiger charge is -2.33. The number of urea groups is 1. The SMILES string of the molecule is CN(C)C(=O)N1CCC[C@@H](C(=O)Nc2nnc(C(F)(F)F)s2)C1. The molecule has 3 amide bonds. The van der Waals surface area contributed by atoms with Gasteiger partial charge in [0, 0.05) is 27.2 Å². The van der Waals surface area contributed by atoms with E-state index >= 15 is 0 Å².